The van der Waals surface area contributed by atoms with Crippen molar-refractivity contribution in [2.24, 2.45) is 0 Å². The van der Waals surface area contributed by atoms with Gasteiger partial charge in [-0.25, -0.2) is 0 Å². The molecule has 0 saturated heterocycles. The molecule has 0 fully saturated rings. The minimum atomic E-state index is -4.59. The quantitative estimate of drug-likeness (QED) is 0.0272. The summed E-state index contributed by atoms with van der Waals surface area (Å²) in [5.41, 5.74) is 0. The average molecular weight is 1190 g/mol. The highest BCUT2D eigenvalue weighted by molar-refractivity contribution is 7.45. The van der Waals surface area contributed by atoms with Gasteiger partial charge in [0.25, 0.3) is 7.82 Å². The van der Waals surface area contributed by atoms with E-state index in [2.05, 4.69) is 116 Å². The number of carbonyl (C=O) groups is 1. The maximum Gasteiger partial charge on any atom is 0.268 e. The lowest BCUT2D eigenvalue weighted by Crippen LogP contribution is -2.46. The highest BCUT2D eigenvalue weighted by Gasteiger charge is 2.24. The van der Waals surface area contributed by atoms with Crippen LogP contribution in [-0.4, -0.2) is 68.5 Å². The molecule has 3 atom stereocenters. The minimum Gasteiger partial charge on any atom is -0.756 e. The van der Waals surface area contributed by atoms with E-state index >= 15 is 0 Å². The van der Waals surface area contributed by atoms with Crippen LogP contribution in [-0.2, 0) is 18.4 Å². The van der Waals surface area contributed by atoms with E-state index in [4.69, 9.17) is 9.05 Å². The fourth-order valence-electron chi connectivity index (χ4n) is 10.4. The summed E-state index contributed by atoms with van der Waals surface area (Å²) >= 11 is 0. The molecule has 0 aliphatic rings. The van der Waals surface area contributed by atoms with E-state index in [0.29, 0.717) is 23.9 Å². The first-order valence-electron chi connectivity index (χ1n) is 35.6. The number of amides is 1. The first-order chi connectivity index (χ1) is 41.0. The van der Waals surface area contributed by atoms with Crippen molar-refractivity contribution >= 4 is 13.7 Å². The lowest BCUT2D eigenvalue weighted by Gasteiger charge is -2.30. The van der Waals surface area contributed by atoms with Crippen LogP contribution < -0.4 is 10.2 Å². The summed E-state index contributed by atoms with van der Waals surface area (Å²) in [6.07, 6.45) is 93.4. The number of phosphoric acid groups is 1. The number of allylic oxidation sites excluding steroid dienone is 16. The van der Waals surface area contributed by atoms with Crippen molar-refractivity contribution in [2.45, 2.75) is 334 Å². The van der Waals surface area contributed by atoms with Gasteiger partial charge in [-0.3, -0.25) is 9.36 Å². The standard InChI is InChI=1S/C75H137N2O6P/c1-6-8-10-12-14-16-18-20-22-24-26-28-30-32-34-36-37-38-39-41-43-45-47-49-51-53-55-57-59-61-63-65-67-69-75(79)76-73(72-83-84(80,81)82-71-70-77(3,4)5)74(78)68-66-64-62-60-58-56-54-52-50-48-46-44-42-40-35-33-31-29-27-25-23-21-19-17-15-13-11-9-7-2/h8,10,14,16,20,22,26,28,32,34,37-38,41,43,47,49,73-74,78H,6-7,9,11-13,15,17-19,21,23-25,27,29-31,33,35-36,39-40,42,44-46,48,50-72H2,1-5H3,(H-,76,79,80,81)/b10-8-,16-14-,22-20-,28-26-,34-32-,38-37-,43-41-,49-47-. The fourth-order valence-corrected chi connectivity index (χ4v) is 11.1. The molecular formula is C75H137N2O6P. The largest absolute Gasteiger partial charge is 0.756 e. The maximum atomic E-state index is 13.1. The predicted molar refractivity (Wildman–Crippen MR) is 366 cm³/mol. The molecule has 0 saturated carbocycles. The number of unbranched alkanes of at least 4 members (excludes halogenated alkanes) is 36. The zero-order valence-corrected chi connectivity index (χ0v) is 56.7. The molecule has 8 nitrogen and oxygen atoms in total. The van der Waals surface area contributed by atoms with Crippen molar-refractivity contribution < 1.29 is 32.9 Å². The van der Waals surface area contributed by atoms with Crippen molar-refractivity contribution in [1.82, 2.24) is 5.32 Å². The molecule has 0 bridgehead atoms. The van der Waals surface area contributed by atoms with Crippen LogP contribution in [0.2, 0.25) is 0 Å². The van der Waals surface area contributed by atoms with Gasteiger partial charge in [-0.05, 0) is 77.0 Å². The topological polar surface area (TPSA) is 108 Å². The Morgan fingerprint density at radius 2 is 0.726 bits per heavy atom. The molecule has 0 aliphatic carbocycles. The zero-order valence-electron chi connectivity index (χ0n) is 55.8. The Hall–Kier alpha value is -2.58. The molecule has 0 aromatic rings. The highest BCUT2D eigenvalue weighted by Crippen LogP contribution is 2.38. The second-order valence-electron chi connectivity index (χ2n) is 25.2. The number of nitrogens with zero attached hydrogens (tertiary/aromatic N) is 1. The first-order valence-corrected chi connectivity index (χ1v) is 37.0. The van der Waals surface area contributed by atoms with E-state index < -0.39 is 20.0 Å². The number of aliphatic hydroxyl groups excluding tert-OH is 1. The molecule has 2 N–H and O–H groups in total. The number of quaternary nitrogens is 1. The van der Waals surface area contributed by atoms with Gasteiger partial charge in [-0.1, -0.05) is 336 Å². The fraction of sp³-hybridized carbons (Fsp3) is 0.773. The Labute approximate surface area is 521 Å². The molecule has 3 unspecified atom stereocenters. The van der Waals surface area contributed by atoms with Gasteiger partial charge in [-0.15, -0.1) is 0 Å². The van der Waals surface area contributed by atoms with Crippen LogP contribution in [0.3, 0.4) is 0 Å². The number of hydrogen-bond acceptors (Lipinski definition) is 6. The summed E-state index contributed by atoms with van der Waals surface area (Å²) in [7, 11) is 1.30. The molecular weight excluding hydrogens is 1060 g/mol. The predicted octanol–water partition coefficient (Wildman–Crippen LogP) is 22.3. The Balaban J connectivity index is 4.10. The molecule has 9 heteroatoms. The summed E-state index contributed by atoms with van der Waals surface area (Å²) in [6.45, 7) is 4.63. The summed E-state index contributed by atoms with van der Waals surface area (Å²) < 4.78 is 23.5. The smallest absolute Gasteiger partial charge is 0.268 e. The van der Waals surface area contributed by atoms with E-state index in [1.165, 1.54) is 199 Å². The molecule has 0 aromatic heterocycles. The monoisotopic (exact) mass is 1190 g/mol. The summed E-state index contributed by atoms with van der Waals surface area (Å²) in [5, 5.41) is 14.1. The van der Waals surface area contributed by atoms with Crippen LogP contribution in [0.25, 0.3) is 0 Å². The Kier molecular flexibility index (Phi) is 62.9. The Morgan fingerprint density at radius 3 is 1.06 bits per heavy atom. The molecule has 1 amide bonds. The molecule has 0 aromatic carbocycles. The SMILES string of the molecule is CC/C=C\C/C=C\C/C=C\C/C=C\C/C=C\C/C=C\C/C=C\C/C=C\CCCCCCCCCCC(=O)NC(COP(=O)([O-])OCC[N+](C)(C)C)C(O)CCCCCCCCCCCCCCCCCCCCCCCCCCCCCCC. The summed E-state index contributed by atoms with van der Waals surface area (Å²) in [4.78, 5) is 25.7. The lowest BCUT2D eigenvalue weighted by atomic mass is 10.0. The van der Waals surface area contributed by atoms with Crippen LogP contribution in [0.15, 0.2) is 97.2 Å². The highest BCUT2D eigenvalue weighted by atomic mass is 31.2. The Bertz CT molecular complexity index is 1690. The molecule has 0 heterocycles. The van der Waals surface area contributed by atoms with E-state index in [1.807, 2.05) is 21.1 Å². The third kappa shape index (κ3) is 66.9. The molecule has 0 aliphatic heterocycles. The van der Waals surface area contributed by atoms with E-state index in [1.54, 1.807) is 0 Å². The van der Waals surface area contributed by atoms with Crippen LogP contribution >= 0.6 is 7.82 Å². The van der Waals surface area contributed by atoms with Gasteiger partial charge in [0.05, 0.1) is 39.9 Å². The normalized spacial score (nSPS) is 14.2. The van der Waals surface area contributed by atoms with Gasteiger partial charge >= 0.3 is 0 Å². The van der Waals surface area contributed by atoms with Crippen LogP contribution in [0, 0.1) is 0 Å². The van der Waals surface area contributed by atoms with Gasteiger partial charge in [0.1, 0.15) is 13.2 Å². The number of phosphoric ester groups is 1. The number of carbonyl (C=O) groups excluding carboxylic acids is 1. The second kappa shape index (κ2) is 64.9. The summed E-state index contributed by atoms with van der Waals surface area (Å²) in [6, 6.07) is -0.814. The number of hydrogen-bond donors (Lipinski definition) is 2. The molecule has 0 rings (SSSR count). The van der Waals surface area contributed by atoms with Crippen LogP contribution in [0.5, 0.6) is 0 Å². The van der Waals surface area contributed by atoms with Gasteiger partial charge in [0.2, 0.25) is 5.91 Å². The van der Waals surface area contributed by atoms with Gasteiger partial charge in [-0.2, -0.15) is 0 Å². The molecule has 84 heavy (non-hydrogen) atoms. The van der Waals surface area contributed by atoms with E-state index in [0.717, 1.165) is 96.3 Å². The van der Waals surface area contributed by atoms with Crippen molar-refractivity contribution in [3.05, 3.63) is 97.2 Å². The van der Waals surface area contributed by atoms with Crippen molar-refractivity contribution in [3.63, 3.8) is 0 Å². The third-order valence-corrected chi connectivity index (χ3v) is 16.8. The van der Waals surface area contributed by atoms with E-state index in [9.17, 15) is 19.4 Å². The number of aliphatic hydroxyl groups is 1. The maximum absolute atomic E-state index is 13.1. The molecule has 488 valence electrons. The van der Waals surface area contributed by atoms with Crippen molar-refractivity contribution in [2.75, 3.05) is 40.9 Å². The summed E-state index contributed by atoms with van der Waals surface area (Å²) in [5.74, 6) is -0.173. The van der Waals surface area contributed by atoms with Gasteiger partial charge in [0, 0.05) is 6.42 Å². The van der Waals surface area contributed by atoms with Crippen molar-refractivity contribution in [1.29, 1.82) is 0 Å². The van der Waals surface area contributed by atoms with Crippen molar-refractivity contribution in [3.8, 4) is 0 Å². The number of rotatable bonds is 65. The van der Waals surface area contributed by atoms with Crippen LogP contribution in [0.4, 0.5) is 0 Å². The third-order valence-electron chi connectivity index (χ3n) is 15.8. The second-order valence-corrected chi connectivity index (χ2v) is 26.6. The average Bonchev–Trinajstić information content (AvgIpc) is 3.56. The Morgan fingerprint density at radius 1 is 0.429 bits per heavy atom. The molecule has 0 spiro atoms. The van der Waals surface area contributed by atoms with Gasteiger partial charge in [0.15, 0.2) is 0 Å². The zero-order chi connectivity index (χ0) is 61.2. The first kappa shape index (κ1) is 81.4. The van der Waals surface area contributed by atoms with E-state index in [-0.39, 0.29) is 19.1 Å². The lowest BCUT2D eigenvalue weighted by molar-refractivity contribution is -0.870. The molecule has 0 radical (unpaired) electrons. The van der Waals surface area contributed by atoms with Gasteiger partial charge < -0.3 is 28.8 Å². The number of nitrogens with one attached hydrogen (secondary N) is 1. The minimum absolute atomic E-state index is 0.00654. The number of likely N-dealkylation sites (N-methyl/N-ethyl adjacent to an activating group) is 1. The van der Waals surface area contributed by atoms with Crippen LogP contribution in [0.1, 0.15) is 322 Å².